The van der Waals surface area contributed by atoms with Gasteiger partial charge in [0.1, 0.15) is 17.1 Å². The number of amides is 3. The maximum atomic E-state index is 13.6. The number of hydrogen-bond donors (Lipinski definition) is 3. The molecule has 2 heterocycles. The molecule has 2 atom stereocenters. The summed E-state index contributed by atoms with van der Waals surface area (Å²) in [4.78, 5) is 51.7. The normalized spacial score (nSPS) is 22.1. The molecular weight excluding hydrogens is 501 g/mol. The van der Waals surface area contributed by atoms with Gasteiger partial charge in [0.25, 0.3) is 23.5 Å². The molecule has 1 unspecified atom stereocenters. The molecule has 2 saturated carbocycles. The molecule has 36 heavy (non-hydrogen) atoms. The Hall–Kier alpha value is -3.34. The van der Waals surface area contributed by atoms with E-state index in [-0.39, 0.29) is 39.4 Å². The zero-order chi connectivity index (χ0) is 26.2. The van der Waals surface area contributed by atoms with Gasteiger partial charge in [0, 0.05) is 43.7 Å². The Morgan fingerprint density at radius 2 is 1.86 bits per heavy atom. The third kappa shape index (κ3) is 3.76. The highest BCUT2D eigenvalue weighted by atomic mass is 35.5. The van der Waals surface area contributed by atoms with Gasteiger partial charge in [-0.15, -0.1) is 0 Å². The van der Waals surface area contributed by atoms with Crippen LogP contribution in [-0.4, -0.2) is 46.6 Å². The molecule has 0 bridgehead atoms. The molecule has 1 aromatic carbocycles. The monoisotopic (exact) mass is 522 g/mol. The number of Topliss-reactive ketones (excluding diaryl/α,β-unsaturated/α-hetero) is 1. The van der Waals surface area contributed by atoms with Gasteiger partial charge in [-0.3, -0.25) is 19.2 Å². The first-order chi connectivity index (χ1) is 16.9. The first kappa shape index (κ1) is 24.4. The number of aromatic nitrogens is 1. The molecule has 12 heteroatoms. The van der Waals surface area contributed by atoms with Gasteiger partial charge in [0.05, 0.1) is 10.6 Å². The van der Waals surface area contributed by atoms with E-state index in [1.54, 1.807) is 4.57 Å². The Bertz CT molecular complexity index is 1350. The zero-order valence-electron chi connectivity index (χ0n) is 19.3. The molecule has 3 aliphatic rings. The molecule has 1 aromatic heterocycles. The van der Waals surface area contributed by atoms with Crippen molar-refractivity contribution < 1.29 is 32.3 Å². The molecule has 2 fully saturated rings. The van der Waals surface area contributed by atoms with Gasteiger partial charge in [-0.2, -0.15) is 0 Å². The highest BCUT2D eigenvalue weighted by Gasteiger charge is 2.62. The second kappa shape index (κ2) is 8.09. The zero-order valence-corrected chi connectivity index (χ0v) is 20.1. The predicted octanol–water partition coefficient (Wildman–Crippen LogP) is 3.17. The summed E-state index contributed by atoms with van der Waals surface area (Å²) < 4.78 is 42.4. The van der Waals surface area contributed by atoms with Crippen molar-refractivity contribution in [2.45, 2.75) is 50.1 Å². The van der Waals surface area contributed by atoms with Crippen LogP contribution in [0.4, 0.5) is 18.9 Å². The summed E-state index contributed by atoms with van der Waals surface area (Å²) in [5, 5.41) is 6.95. The molecule has 0 saturated heterocycles. The van der Waals surface area contributed by atoms with Crippen LogP contribution in [0.25, 0.3) is 0 Å². The molecule has 3 amide bonds. The molecule has 1 aliphatic heterocycles. The molecule has 8 nitrogen and oxygen atoms in total. The fourth-order valence-corrected chi connectivity index (χ4v) is 5.65. The lowest BCUT2D eigenvalue weighted by Gasteiger charge is -2.45. The molecule has 2 aromatic rings. The van der Waals surface area contributed by atoms with Gasteiger partial charge in [-0.25, -0.2) is 13.2 Å². The van der Waals surface area contributed by atoms with Crippen molar-refractivity contribution in [3.8, 4) is 0 Å². The molecule has 0 spiro atoms. The van der Waals surface area contributed by atoms with Crippen LogP contribution < -0.4 is 16.0 Å². The summed E-state index contributed by atoms with van der Waals surface area (Å²) in [5.74, 6) is -7.12. The summed E-state index contributed by atoms with van der Waals surface area (Å²) in [6, 6.07) is 3.70. The number of carbonyl (C=O) groups is 4. The number of fused-ring (bicyclic) bond motifs is 3. The maximum absolute atomic E-state index is 13.6. The average Bonchev–Trinajstić information content (AvgIpc) is 3.36. The van der Waals surface area contributed by atoms with Crippen LogP contribution in [0.3, 0.4) is 0 Å². The van der Waals surface area contributed by atoms with Crippen molar-refractivity contribution >= 4 is 40.8 Å². The van der Waals surface area contributed by atoms with E-state index in [4.69, 9.17) is 11.6 Å². The van der Waals surface area contributed by atoms with Gasteiger partial charge in [-0.1, -0.05) is 11.6 Å². The summed E-state index contributed by atoms with van der Waals surface area (Å²) in [7, 11) is 1.26. The first-order valence-corrected chi connectivity index (χ1v) is 11.7. The summed E-state index contributed by atoms with van der Waals surface area (Å²) in [5.41, 5.74) is -0.620. The molecule has 2 aliphatic carbocycles. The van der Waals surface area contributed by atoms with Crippen LogP contribution in [0.1, 0.15) is 57.3 Å². The number of nitrogens with zero attached hydrogens (tertiary/aromatic N) is 1. The van der Waals surface area contributed by atoms with E-state index in [0.29, 0.717) is 12.2 Å². The van der Waals surface area contributed by atoms with Crippen molar-refractivity contribution in [2.75, 3.05) is 12.4 Å². The minimum Gasteiger partial charge on any atom is -0.357 e. The number of hydrogen-bond acceptors (Lipinski definition) is 4. The van der Waals surface area contributed by atoms with Crippen molar-refractivity contribution in [3.63, 3.8) is 0 Å². The van der Waals surface area contributed by atoms with E-state index in [1.807, 2.05) is 0 Å². The topological polar surface area (TPSA) is 109 Å². The molecule has 3 N–H and O–H groups in total. The quantitative estimate of drug-likeness (QED) is 0.400. The van der Waals surface area contributed by atoms with E-state index in [9.17, 15) is 32.3 Å². The fraction of sp³-hybridized carbons (Fsp3) is 0.417. The SMILES string of the molecule is CNC(=O)C1(NC(=O)C(=O)c2c(C)c(C(=O)Nc3ccc(F)c(Cl)c3)n3c2C2C[C@@H]2C3)CC(F)(F)C1. The Kier molecular flexibility index (Phi) is 5.47. The van der Waals surface area contributed by atoms with Gasteiger partial charge < -0.3 is 20.5 Å². The van der Waals surface area contributed by atoms with E-state index < -0.39 is 53.6 Å². The van der Waals surface area contributed by atoms with Crippen LogP contribution in [0, 0.1) is 18.7 Å². The van der Waals surface area contributed by atoms with Gasteiger partial charge >= 0.3 is 0 Å². The van der Waals surface area contributed by atoms with E-state index in [0.717, 1.165) is 12.5 Å². The number of carbonyl (C=O) groups excluding carboxylic acids is 4. The standard InChI is InChI=1S/C24H22ClF3N4O4/c1-10-16(19(33)21(35)31-23(22(36)29-2)8-24(27,28)9-23)18-13-5-11(13)7-32(18)17(10)20(34)30-12-3-4-15(26)14(25)6-12/h3-4,6,11,13H,5,7-9H2,1-2H3,(H,29,36)(H,30,34)(H,31,35)/t11-,13?/m1/s1. The van der Waals surface area contributed by atoms with Crippen molar-refractivity contribution in [3.05, 3.63) is 51.6 Å². The van der Waals surface area contributed by atoms with Gasteiger partial charge in [0.15, 0.2) is 0 Å². The third-order valence-corrected chi connectivity index (χ3v) is 7.49. The van der Waals surface area contributed by atoms with E-state index >= 15 is 0 Å². The fourth-order valence-electron chi connectivity index (χ4n) is 5.47. The van der Waals surface area contributed by atoms with E-state index in [2.05, 4.69) is 16.0 Å². The number of rotatable bonds is 6. The Morgan fingerprint density at radius 3 is 2.47 bits per heavy atom. The van der Waals surface area contributed by atoms with Crippen LogP contribution in [0.15, 0.2) is 18.2 Å². The summed E-state index contributed by atoms with van der Waals surface area (Å²) in [6.07, 6.45) is -1.03. The molecular formula is C24H22ClF3N4O4. The van der Waals surface area contributed by atoms with E-state index in [1.165, 1.54) is 26.1 Å². The lowest BCUT2D eigenvalue weighted by molar-refractivity contribution is -0.164. The lowest BCUT2D eigenvalue weighted by atomic mass is 9.72. The van der Waals surface area contributed by atoms with Crippen molar-refractivity contribution in [1.82, 2.24) is 15.2 Å². The number of alkyl halides is 2. The number of ketones is 1. The van der Waals surface area contributed by atoms with Crippen molar-refractivity contribution in [1.29, 1.82) is 0 Å². The number of nitrogens with one attached hydrogen (secondary N) is 3. The third-order valence-electron chi connectivity index (χ3n) is 7.20. The Labute approximate surface area is 208 Å². The second-order valence-corrected chi connectivity index (χ2v) is 10.1. The lowest BCUT2D eigenvalue weighted by Crippen LogP contribution is -2.69. The first-order valence-electron chi connectivity index (χ1n) is 11.3. The molecule has 0 radical (unpaired) electrons. The number of benzene rings is 1. The van der Waals surface area contributed by atoms with Crippen LogP contribution in [0.5, 0.6) is 0 Å². The predicted molar refractivity (Wildman–Crippen MR) is 123 cm³/mol. The maximum Gasteiger partial charge on any atom is 0.293 e. The highest BCUT2D eigenvalue weighted by molar-refractivity contribution is 6.44. The molecule has 5 rings (SSSR count). The minimum absolute atomic E-state index is 0.00166. The van der Waals surface area contributed by atoms with Crippen LogP contribution in [-0.2, 0) is 16.1 Å². The number of likely N-dealkylation sites (N-methyl/N-ethyl adjacent to an activating group) is 1. The summed E-state index contributed by atoms with van der Waals surface area (Å²) >= 11 is 5.80. The second-order valence-electron chi connectivity index (χ2n) is 9.68. The van der Waals surface area contributed by atoms with Crippen LogP contribution in [0.2, 0.25) is 5.02 Å². The van der Waals surface area contributed by atoms with Crippen LogP contribution >= 0.6 is 11.6 Å². The average molecular weight is 523 g/mol. The number of halogens is 4. The van der Waals surface area contributed by atoms with Gasteiger partial charge in [0.2, 0.25) is 5.91 Å². The summed E-state index contributed by atoms with van der Waals surface area (Å²) in [6.45, 7) is 2.01. The highest BCUT2D eigenvalue weighted by Crippen LogP contribution is 2.56. The number of anilines is 1. The Balaban J connectivity index is 1.45. The van der Waals surface area contributed by atoms with Crippen molar-refractivity contribution in [2.24, 2.45) is 5.92 Å². The largest absolute Gasteiger partial charge is 0.357 e. The smallest absolute Gasteiger partial charge is 0.293 e. The minimum atomic E-state index is -3.13. The van der Waals surface area contributed by atoms with Gasteiger partial charge in [-0.05, 0) is 43.0 Å². The Morgan fingerprint density at radius 1 is 1.17 bits per heavy atom. The molecule has 190 valence electrons.